The van der Waals surface area contributed by atoms with Crippen molar-refractivity contribution in [3.05, 3.63) is 60.2 Å². The molecule has 0 fully saturated rings. The lowest BCUT2D eigenvalue weighted by molar-refractivity contribution is 0.0997. The highest BCUT2D eigenvalue weighted by Gasteiger charge is 2.31. The molecule has 17 heavy (non-hydrogen) atoms. The topological polar surface area (TPSA) is 46.0 Å². The van der Waals surface area contributed by atoms with Crippen LogP contribution in [0.25, 0.3) is 0 Å². The Kier molecular flexibility index (Phi) is 3.20. The molecule has 2 heterocycles. The highest BCUT2D eigenvalue weighted by Crippen LogP contribution is 2.35. The molecule has 0 spiro atoms. The fraction of sp³-hybridized carbons (Fsp3) is 0.286. The molecule has 0 aliphatic rings. The van der Waals surface area contributed by atoms with Gasteiger partial charge >= 0.3 is 0 Å². The van der Waals surface area contributed by atoms with Gasteiger partial charge in [-0.2, -0.15) is 0 Å². The van der Waals surface area contributed by atoms with E-state index in [4.69, 9.17) is 0 Å². The average molecular weight is 228 g/mol. The Morgan fingerprint density at radius 1 is 1.06 bits per heavy atom. The van der Waals surface area contributed by atoms with Crippen LogP contribution in [0.4, 0.5) is 0 Å². The van der Waals surface area contributed by atoms with Crippen LogP contribution in [0.5, 0.6) is 0 Å². The molecule has 1 N–H and O–H groups in total. The highest BCUT2D eigenvalue weighted by molar-refractivity contribution is 5.26. The van der Waals surface area contributed by atoms with Crippen LogP contribution in [-0.4, -0.2) is 15.1 Å². The molecule has 0 amide bonds. The molecule has 3 nitrogen and oxygen atoms in total. The molecule has 0 aliphatic heterocycles. The van der Waals surface area contributed by atoms with Crippen LogP contribution >= 0.6 is 0 Å². The second kappa shape index (κ2) is 4.63. The molecule has 2 aromatic heterocycles. The van der Waals surface area contributed by atoms with E-state index in [1.807, 2.05) is 38.1 Å². The molecule has 3 heteroatoms. The van der Waals surface area contributed by atoms with E-state index in [1.54, 1.807) is 24.8 Å². The zero-order valence-electron chi connectivity index (χ0n) is 10.0. The van der Waals surface area contributed by atoms with Gasteiger partial charge in [0.1, 0.15) is 0 Å². The van der Waals surface area contributed by atoms with Crippen molar-refractivity contribution >= 4 is 0 Å². The molecule has 0 aliphatic carbocycles. The summed E-state index contributed by atoms with van der Waals surface area (Å²) >= 11 is 0. The monoisotopic (exact) mass is 228 g/mol. The van der Waals surface area contributed by atoms with Gasteiger partial charge in [-0.15, -0.1) is 0 Å². The Morgan fingerprint density at radius 3 is 2.24 bits per heavy atom. The second-order valence-electron chi connectivity index (χ2n) is 4.65. The van der Waals surface area contributed by atoms with Gasteiger partial charge in [0.05, 0.1) is 6.10 Å². The summed E-state index contributed by atoms with van der Waals surface area (Å²) in [5, 5.41) is 10.4. The SMILES string of the molecule is CC(C)(c1cccnc1)[C@@H](O)c1cccnc1. The average Bonchev–Trinajstić information content (AvgIpc) is 2.40. The number of rotatable bonds is 3. The third kappa shape index (κ3) is 2.34. The van der Waals surface area contributed by atoms with Gasteiger partial charge in [-0.25, -0.2) is 0 Å². The number of aromatic nitrogens is 2. The molecule has 0 aromatic carbocycles. The first-order valence-electron chi connectivity index (χ1n) is 5.61. The zero-order valence-corrected chi connectivity index (χ0v) is 10.0. The quantitative estimate of drug-likeness (QED) is 0.877. The normalized spacial score (nSPS) is 13.4. The number of hydrogen-bond acceptors (Lipinski definition) is 3. The predicted octanol–water partition coefficient (Wildman–Crippen LogP) is 2.49. The minimum absolute atomic E-state index is 0.392. The minimum atomic E-state index is -0.597. The molecule has 0 saturated heterocycles. The predicted molar refractivity (Wildman–Crippen MR) is 66.5 cm³/mol. The first-order chi connectivity index (χ1) is 8.12. The lowest BCUT2D eigenvalue weighted by Gasteiger charge is -2.30. The Labute approximate surface area is 101 Å². The molecule has 88 valence electrons. The molecular formula is C14H16N2O. The minimum Gasteiger partial charge on any atom is -0.387 e. The molecule has 2 rings (SSSR count). The van der Waals surface area contributed by atoms with Crippen LogP contribution in [0.3, 0.4) is 0 Å². The van der Waals surface area contributed by atoms with E-state index in [0.717, 1.165) is 11.1 Å². The van der Waals surface area contributed by atoms with Crippen molar-refractivity contribution in [1.82, 2.24) is 9.97 Å². The Balaban J connectivity index is 2.33. The lowest BCUT2D eigenvalue weighted by Crippen LogP contribution is -2.27. The number of hydrogen-bond donors (Lipinski definition) is 1. The van der Waals surface area contributed by atoms with Crippen molar-refractivity contribution in [2.75, 3.05) is 0 Å². The number of pyridine rings is 2. The van der Waals surface area contributed by atoms with Crippen molar-refractivity contribution in [3.8, 4) is 0 Å². The van der Waals surface area contributed by atoms with Gasteiger partial charge in [-0.3, -0.25) is 9.97 Å². The first kappa shape index (κ1) is 11.7. The van der Waals surface area contributed by atoms with E-state index in [0.29, 0.717) is 0 Å². The van der Waals surface area contributed by atoms with E-state index in [-0.39, 0.29) is 0 Å². The fourth-order valence-electron chi connectivity index (χ4n) is 1.86. The third-order valence-corrected chi connectivity index (χ3v) is 3.09. The molecule has 2 aromatic rings. The van der Waals surface area contributed by atoms with Crippen molar-refractivity contribution in [2.24, 2.45) is 0 Å². The van der Waals surface area contributed by atoms with Crippen molar-refractivity contribution in [1.29, 1.82) is 0 Å². The van der Waals surface area contributed by atoms with Gasteiger partial charge in [0.25, 0.3) is 0 Å². The summed E-state index contributed by atoms with van der Waals surface area (Å²) in [5.74, 6) is 0. The maximum absolute atomic E-state index is 10.4. The Bertz CT molecular complexity index is 468. The number of nitrogens with zero attached hydrogens (tertiary/aromatic N) is 2. The molecular weight excluding hydrogens is 212 g/mol. The number of aliphatic hydroxyl groups excluding tert-OH is 1. The van der Waals surface area contributed by atoms with Crippen molar-refractivity contribution < 1.29 is 5.11 Å². The summed E-state index contributed by atoms with van der Waals surface area (Å²) in [6.45, 7) is 4.00. The zero-order chi connectivity index (χ0) is 12.3. The van der Waals surface area contributed by atoms with Crippen LogP contribution < -0.4 is 0 Å². The van der Waals surface area contributed by atoms with E-state index >= 15 is 0 Å². The first-order valence-corrected chi connectivity index (χ1v) is 5.61. The van der Waals surface area contributed by atoms with Crippen LogP contribution in [0.2, 0.25) is 0 Å². The summed E-state index contributed by atoms with van der Waals surface area (Å²) in [7, 11) is 0. The van der Waals surface area contributed by atoms with Crippen LogP contribution in [0.15, 0.2) is 49.1 Å². The highest BCUT2D eigenvalue weighted by atomic mass is 16.3. The summed E-state index contributed by atoms with van der Waals surface area (Å²) in [6, 6.07) is 7.58. The maximum Gasteiger partial charge on any atom is 0.0896 e. The molecule has 0 saturated carbocycles. The summed E-state index contributed by atoms with van der Waals surface area (Å²) < 4.78 is 0. The van der Waals surface area contributed by atoms with Crippen molar-refractivity contribution in [2.45, 2.75) is 25.4 Å². The smallest absolute Gasteiger partial charge is 0.0896 e. The van der Waals surface area contributed by atoms with Crippen LogP contribution in [0, 0.1) is 0 Å². The fourth-order valence-corrected chi connectivity index (χ4v) is 1.86. The van der Waals surface area contributed by atoms with E-state index in [9.17, 15) is 5.11 Å². The Morgan fingerprint density at radius 2 is 1.71 bits per heavy atom. The summed E-state index contributed by atoms with van der Waals surface area (Å²) in [6.07, 6.45) is 6.33. The largest absolute Gasteiger partial charge is 0.387 e. The molecule has 1 atom stereocenters. The molecule has 0 bridgehead atoms. The van der Waals surface area contributed by atoms with Crippen molar-refractivity contribution in [3.63, 3.8) is 0 Å². The van der Waals surface area contributed by atoms with Crippen LogP contribution in [0.1, 0.15) is 31.1 Å². The van der Waals surface area contributed by atoms with E-state index < -0.39 is 11.5 Å². The van der Waals surface area contributed by atoms with Gasteiger partial charge in [-0.05, 0) is 23.3 Å². The van der Waals surface area contributed by atoms with Gasteiger partial charge in [-0.1, -0.05) is 26.0 Å². The third-order valence-electron chi connectivity index (χ3n) is 3.09. The van der Waals surface area contributed by atoms with Gasteiger partial charge < -0.3 is 5.11 Å². The summed E-state index contributed by atoms with van der Waals surface area (Å²) in [4.78, 5) is 8.14. The van der Waals surface area contributed by atoms with Gasteiger partial charge in [0, 0.05) is 30.2 Å². The van der Waals surface area contributed by atoms with E-state index in [2.05, 4.69) is 9.97 Å². The standard InChI is InChI=1S/C14H16N2O/c1-14(2,12-6-4-8-16-10-12)13(17)11-5-3-7-15-9-11/h3-10,13,17H,1-2H3/t13-/m0/s1. The summed E-state index contributed by atoms with van der Waals surface area (Å²) in [5.41, 5.74) is 1.44. The molecule has 0 radical (unpaired) electrons. The lowest BCUT2D eigenvalue weighted by atomic mass is 9.78. The van der Waals surface area contributed by atoms with E-state index in [1.165, 1.54) is 0 Å². The van der Waals surface area contributed by atoms with Gasteiger partial charge in [0.15, 0.2) is 0 Å². The number of aliphatic hydroxyl groups is 1. The maximum atomic E-state index is 10.4. The Hall–Kier alpha value is -1.74. The van der Waals surface area contributed by atoms with Gasteiger partial charge in [0.2, 0.25) is 0 Å². The second-order valence-corrected chi connectivity index (χ2v) is 4.65. The molecule has 0 unspecified atom stereocenters. The van der Waals surface area contributed by atoms with Crippen LogP contribution in [-0.2, 0) is 5.41 Å².